The summed E-state index contributed by atoms with van der Waals surface area (Å²) in [4.78, 5) is 5.40. The number of allylic oxidation sites excluding steroid dienone is 2. The van der Waals surface area contributed by atoms with Crippen molar-refractivity contribution in [2.45, 2.75) is 38.0 Å². The molecule has 0 bridgehead atoms. The molecule has 0 N–H and O–H groups in total. The van der Waals surface area contributed by atoms with Gasteiger partial charge in [0.15, 0.2) is 0 Å². The third-order valence-electron chi connectivity index (χ3n) is 12.9. The van der Waals surface area contributed by atoms with E-state index in [1.165, 1.54) is 84.2 Å². The van der Waals surface area contributed by atoms with Crippen molar-refractivity contribution in [1.82, 2.24) is 0 Å². The van der Waals surface area contributed by atoms with Crippen LogP contribution in [0.4, 0.5) is 17.1 Å². The molecule has 0 amide bonds. The lowest BCUT2D eigenvalue weighted by Gasteiger charge is -2.32. The van der Waals surface area contributed by atoms with E-state index in [-0.39, 0.29) is 5.41 Å². The molecule has 0 saturated carbocycles. The molecule has 7 aromatic carbocycles. The van der Waals surface area contributed by atoms with Crippen molar-refractivity contribution in [3.05, 3.63) is 196 Å². The number of thiophene rings is 3. The van der Waals surface area contributed by atoms with Gasteiger partial charge in [0.1, 0.15) is 0 Å². The second kappa shape index (κ2) is 14.0. The number of hydrogen-bond donors (Lipinski definition) is 0. The van der Waals surface area contributed by atoms with Crippen LogP contribution in [0.25, 0.3) is 74.8 Å². The first-order valence-corrected chi connectivity index (χ1v) is 23.4. The molecule has 10 aromatic rings. The van der Waals surface area contributed by atoms with E-state index in [4.69, 9.17) is 0 Å². The van der Waals surface area contributed by atoms with Crippen LogP contribution in [0, 0.1) is 0 Å². The van der Waals surface area contributed by atoms with Gasteiger partial charge in [0, 0.05) is 72.6 Å². The molecular weight excluding hydrogens is 783 g/mol. The van der Waals surface area contributed by atoms with Crippen molar-refractivity contribution in [3.8, 4) is 22.3 Å². The molecule has 2 atom stereocenters. The van der Waals surface area contributed by atoms with Crippen LogP contribution in [0.3, 0.4) is 0 Å². The molecule has 288 valence electrons. The zero-order chi connectivity index (χ0) is 40.0. The minimum absolute atomic E-state index is 0.0766. The molecule has 2 aliphatic carbocycles. The van der Waals surface area contributed by atoms with Gasteiger partial charge in [0.2, 0.25) is 0 Å². The Labute approximate surface area is 362 Å². The first kappa shape index (κ1) is 35.9. The molecule has 0 fully saturated rings. The monoisotopic (exact) mass is 823 g/mol. The van der Waals surface area contributed by atoms with Gasteiger partial charge in [0.05, 0.1) is 0 Å². The first-order valence-electron chi connectivity index (χ1n) is 20.9. The number of nitrogens with zero attached hydrogens (tertiary/aromatic N) is 1. The number of rotatable bonds is 6. The smallest absolute Gasteiger partial charge is 0.0462 e. The topological polar surface area (TPSA) is 3.24 Å². The predicted molar refractivity (Wildman–Crippen MR) is 264 cm³/mol. The van der Waals surface area contributed by atoms with Gasteiger partial charge in [-0.15, -0.1) is 34.0 Å². The highest BCUT2D eigenvalue weighted by atomic mass is 32.1. The molecule has 2 aliphatic rings. The predicted octanol–water partition coefficient (Wildman–Crippen LogP) is 17.3. The van der Waals surface area contributed by atoms with E-state index >= 15 is 0 Å². The molecule has 1 nitrogen and oxygen atoms in total. The summed E-state index contributed by atoms with van der Waals surface area (Å²) in [5.74, 6) is 0.601. The molecule has 3 heterocycles. The molecular formula is C56H41NS3. The van der Waals surface area contributed by atoms with E-state index < -0.39 is 0 Å². The zero-order valence-corrected chi connectivity index (χ0v) is 35.9. The van der Waals surface area contributed by atoms with Gasteiger partial charge in [-0.3, -0.25) is 0 Å². The Bertz CT molecular complexity index is 3180. The maximum atomic E-state index is 2.45. The number of fused-ring (bicyclic) bond motifs is 9. The molecule has 3 aromatic heterocycles. The van der Waals surface area contributed by atoms with Crippen molar-refractivity contribution in [3.63, 3.8) is 0 Å². The average Bonchev–Trinajstić information content (AvgIpc) is 3.98. The van der Waals surface area contributed by atoms with Gasteiger partial charge in [-0.05, 0) is 137 Å². The van der Waals surface area contributed by atoms with Crippen LogP contribution in [0.2, 0.25) is 0 Å². The molecule has 0 radical (unpaired) electrons. The summed E-state index contributed by atoms with van der Waals surface area (Å²) in [6, 6.07) is 58.9. The van der Waals surface area contributed by atoms with Crippen molar-refractivity contribution in [2.75, 3.05) is 4.90 Å². The Kier molecular flexibility index (Phi) is 8.39. The summed E-state index contributed by atoms with van der Waals surface area (Å²) >= 11 is 5.74. The van der Waals surface area contributed by atoms with Gasteiger partial charge in [0.25, 0.3) is 0 Å². The van der Waals surface area contributed by atoms with Gasteiger partial charge < -0.3 is 4.90 Å². The highest BCUT2D eigenvalue weighted by Crippen LogP contribution is 2.47. The van der Waals surface area contributed by atoms with Gasteiger partial charge in [-0.25, -0.2) is 0 Å². The van der Waals surface area contributed by atoms with E-state index in [2.05, 4.69) is 201 Å². The van der Waals surface area contributed by atoms with E-state index in [0.29, 0.717) is 5.92 Å². The lowest BCUT2D eigenvalue weighted by molar-refractivity contribution is 0.588. The van der Waals surface area contributed by atoms with Crippen LogP contribution < -0.4 is 4.90 Å². The average molecular weight is 824 g/mol. The highest BCUT2D eigenvalue weighted by molar-refractivity contribution is 7.26. The maximum absolute atomic E-state index is 2.45. The Hall–Kier alpha value is -6.04. The van der Waals surface area contributed by atoms with Crippen molar-refractivity contribution < 1.29 is 0 Å². The summed E-state index contributed by atoms with van der Waals surface area (Å²) in [6.07, 6.45) is 11.7. The minimum atomic E-state index is -0.0766. The van der Waals surface area contributed by atoms with Crippen LogP contribution in [-0.4, -0.2) is 0 Å². The second-order valence-electron chi connectivity index (χ2n) is 16.8. The Morgan fingerprint density at radius 1 is 0.517 bits per heavy atom. The van der Waals surface area contributed by atoms with Gasteiger partial charge in [-0.2, -0.15) is 0 Å². The van der Waals surface area contributed by atoms with Crippen LogP contribution in [0.5, 0.6) is 0 Å². The number of benzene rings is 7. The van der Waals surface area contributed by atoms with E-state index in [9.17, 15) is 0 Å². The fourth-order valence-electron chi connectivity index (χ4n) is 9.62. The van der Waals surface area contributed by atoms with Crippen LogP contribution in [0.1, 0.15) is 52.6 Å². The Morgan fingerprint density at radius 3 is 1.58 bits per heavy atom. The molecule has 60 heavy (non-hydrogen) atoms. The van der Waals surface area contributed by atoms with Gasteiger partial charge >= 0.3 is 0 Å². The fraction of sp³-hybridized carbons (Fsp3) is 0.107. The third-order valence-corrected chi connectivity index (χ3v) is 16.7. The van der Waals surface area contributed by atoms with Crippen molar-refractivity contribution in [2.24, 2.45) is 0 Å². The van der Waals surface area contributed by atoms with Crippen molar-refractivity contribution >= 4 is 104 Å². The molecule has 2 unspecified atom stereocenters. The summed E-state index contributed by atoms with van der Waals surface area (Å²) in [7, 11) is 0. The molecule has 0 aliphatic heterocycles. The molecule has 0 spiro atoms. The number of hydrogen-bond acceptors (Lipinski definition) is 4. The minimum Gasteiger partial charge on any atom is -0.311 e. The Balaban J connectivity index is 0.906. The molecule has 0 saturated heterocycles. The summed E-state index contributed by atoms with van der Waals surface area (Å²) in [5, 5.41) is 5.31. The third kappa shape index (κ3) is 5.92. The summed E-state index contributed by atoms with van der Waals surface area (Å²) < 4.78 is 5.34. The van der Waals surface area contributed by atoms with Crippen LogP contribution >= 0.6 is 34.0 Å². The molecule has 4 heteroatoms. The van der Waals surface area contributed by atoms with E-state index in [1.807, 2.05) is 34.0 Å². The van der Waals surface area contributed by atoms with Crippen LogP contribution in [-0.2, 0) is 11.8 Å². The lowest BCUT2D eigenvalue weighted by Crippen LogP contribution is -2.25. The normalized spacial score (nSPS) is 17.1. The van der Waals surface area contributed by atoms with E-state index in [0.717, 1.165) is 29.9 Å². The van der Waals surface area contributed by atoms with Crippen molar-refractivity contribution in [1.29, 1.82) is 0 Å². The standard InChI is InChI=1S/C56H41NS3/c1-35-8-7-11-46-49-34-56(2,31-30-54(49)60-55(35)46)40-20-26-43(27-21-40)57(41-22-14-36(15-23-41)38-18-28-52-47(32-38)44-9-3-5-12-50(44)58-52)42-24-16-37(17-25-42)39-19-29-53-48(33-39)45-10-4-6-13-51(45)59-53/h3-7,9-33,35H,8,34H2,1-2H3. The lowest BCUT2D eigenvalue weighted by atomic mass is 9.73. The summed E-state index contributed by atoms with van der Waals surface area (Å²) in [5.41, 5.74) is 12.6. The summed E-state index contributed by atoms with van der Waals surface area (Å²) in [6.45, 7) is 4.78. The van der Waals surface area contributed by atoms with Crippen LogP contribution in [0.15, 0.2) is 170 Å². The zero-order valence-electron chi connectivity index (χ0n) is 33.5. The first-order chi connectivity index (χ1) is 29.5. The maximum Gasteiger partial charge on any atom is 0.0462 e. The SMILES string of the molecule is CC1CC=Cc2c1sc1c2CC(C)(c2ccc(N(c3ccc(-c4ccc5sc6ccccc6c5c4)cc3)c3ccc(-c4ccc5sc6ccccc6c5c4)cc3)cc2)C=C1. The largest absolute Gasteiger partial charge is 0.311 e. The number of anilines is 3. The quantitative estimate of drug-likeness (QED) is 0.161. The molecule has 12 rings (SSSR count). The Morgan fingerprint density at radius 2 is 1.02 bits per heavy atom. The fourth-order valence-corrected chi connectivity index (χ4v) is 13.1. The second-order valence-corrected chi connectivity index (χ2v) is 20.0. The highest BCUT2D eigenvalue weighted by Gasteiger charge is 2.33. The van der Waals surface area contributed by atoms with E-state index in [1.54, 1.807) is 4.88 Å². The van der Waals surface area contributed by atoms with Gasteiger partial charge in [-0.1, -0.05) is 117 Å².